The highest BCUT2D eigenvalue weighted by Gasteiger charge is 2.32. The number of carboxylic acids is 2. The molecular formula is C17H29N5O9. The van der Waals surface area contributed by atoms with Gasteiger partial charge in [-0.05, 0) is 5.92 Å². The zero-order valence-corrected chi connectivity index (χ0v) is 17.2. The van der Waals surface area contributed by atoms with E-state index in [4.69, 9.17) is 16.6 Å². The first-order valence-corrected chi connectivity index (χ1v) is 9.34. The Hall–Kier alpha value is -3.26. The number of aliphatic hydroxyl groups excluding tert-OH is 1. The number of rotatable bonds is 14. The number of aliphatic hydroxyl groups is 1. The van der Waals surface area contributed by atoms with E-state index in [1.807, 2.05) is 5.32 Å². The summed E-state index contributed by atoms with van der Waals surface area (Å²) >= 11 is 0. The van der Waals surface area contributed by atoms with E-state index >= 15 is 0 Å². The molecule has 31 heavy (non-hydrogen) atoms. The van der Waals surface area contributed by atoms with E-state index in [1.165, 1.54) is 0 Å². The molecule has 0 saturated carbocycles. The van der Waals surface area contributed by atoms with Crippen molar-refractivity contribution >= 4 is 35.6 Å². The molecule has 0 aromatic carbocycles. The third-order valence-electron chi connectivity index (χ3n) is 4.36. The fourth-order valence-corrected chi connectivity index (χ4v) is 2.38. The van der Waals surface area contributed by atoms with E-state index in [9.17, 15) is 39.0 Å². The van der Waals surface area contributed by atoms with Crippen LogP contribution in [0, 0.1) is 5.92 Å². The van der Waals surface area contributed by atoms with Gasteiger partial charge in [-0.3, -0.25) is 24.0 Å². The van der Waals surface area contributed by atoms with E-state index in [-0.39, 0.29) is 0 Å². The lowest BCUT2D eigenvalue weighted by Gasteiger charge is -2.25. The standard InChI is InChI=1S/C17H29N5O9/c1-3-7(2)13(17(30)31)22-16(29)10(6-23)21-15(28)9(5-12(25)26)20-14(27)8(18)4-11(19)24/h7-10,13,23H,3-6,18H2,1-2H3,(H2,19,24)(H,20,27)(H,21,28)(H,22,29)(H,25,26)(H,30,31). The van der Waals surface area contributed by atoms with Crippen molar-refractivity contribution in [3.63, 3.8) is 0 Å². The van der Waals surface area contributed by atoms with Gasteiger partial charge in [0.05, 0.1) is 25.5 Å². The summed E-state index contributed by atoms with van der Waals surface area (Å²) in [5.74, 6) is -7.34. The third kappa shape index (κ3) is 9.86. The summed E-state index contributed by atoms with van der Waals surface area (Å²) in [5.41, 5.74) is 10.4. The van der Waals surface area contributed by atoms with Gasteiger partial charge < -0.3 is 42.7 Å². The maximum absolute atomic E-state index is 12.4. The normalized spacial score (nSPS) is 15.5. The molecule has 0 aliphatic rings. The largest absolute Gasteiger partial charge is 0.481 e. The van der Waals surface area contributed by atoms with Gasteiger partial charge >= 0.3 is 11.9 Å². The molecule has 0 aliphatic carbocycles. The highest BCUT2D eigenvalue weighted by Crippen LogP contribution is 2.08. The van der Waals surface area contributed by atoms with E-state index in [2.05, 4.69) is 10.6 Å². The van der Waals surface area contributed by atoms with Crippen LogP contribution in [0.25, 0.3) is 0 Å². The van der Waals surface area contributed by atoms with Crippen molar-refractivity contribution in [2.75, 3.05) is 6.61 Å². The van der Waals surface area contributed by atoms with Crippen LogP contribution in [-0.2, 0) is 28.8 Å². The number of aliphatic carboxylic acids is 2. The summed E-state index contributed by atoms with van der Waals surface area (Å²) in [6.07, 6.45) is -1.03. The van der Waals surface area contributed by atoms with Gasteiger partial charge in [0.15, 0.2) is 0 Å². The molecule has 14 nitrogen and oxygen atoms in total. The van der Waals surface area contributed by atoms with Crippen molar-refractivity contribution in [1.29, 1.82) is 0 Å². The summed E-state index contributed by atoms with van der Waals surface area (Å²) in [4.78, 5) is 69.9. The number of nitrogens with two attached hydrogens (primary N) is 2. The van der Waals surface area contributed by atoms with E-state index in [0.29, 0.717) is 6.42 Å². The molecule has 0 fully saturated rings. The molecule has 14 heteroatoms. The number of carbonyl (C=O) groups excluding carboxylic acids is 4. The second-order valence-electron chi connectivity index (χ2n) is 6.89. The van der Waals surface area contributed by atoms with Crippen molar-refractivity contribution in [3.05, 3.63) is 0 Å². The number of hydrogen-bond donors (Lipinski definition) is 8. The Bertz CT molecular complexity index is 699. The molecule has 4 amide bonds. The smallest absolute Gasteiger partial charge is 0.326 e. The quantitative estimate of drug-likeness (QED) is 0.129. The van der Waals surface area contributed by atoms with E-state index in [1.54, 1.807) is 13.8 Å². The first-order valence-electron chi connectivity index (χ1n) is 9.34. The predicted octanol–water partition coefficient (Wildman–Crippen LogP) is -3.76. The van der Waals surface area contributed by atoms with Crippen LogP contribution in [0.5, 0.6) is 0 Å². The van der Waals surface area contributed by atoms with Gasteiger partial charge in [-0.1, -0.05) is 20.3 Å². The monoisotopic (exact) mass is 447 g/mol. The van der Waals surface area contributed by atoms with Gasteiger partial charge in [-0.2, -0.15) is 0 Å². The molecule has 0 saturated heterocycles. The molecule has 0 rings (SSSR count). The summed E-state index contributed by atoms with van der Waals surface area (Å²) in [5, 5.41) is 33.9. The summed E-state index contributed by atoms with van der Waals surface area (Å²) in [6.45, 7) is 2.36. The number of nitrogens with one attached hydrogen (secondary N) is 3. The maximum atomic E-state index is 12.4. The van der Waals surface area contributed by atoms with Crippen molar-refractivity contribution in [2.45, 2.75) is 57.3 Å². The molecule has 0 aromatic rings. The molecule has 0 aromatic heterocycles. The number of hydrogen-bond acceptors (Lipinski definition) is 8. The minimum Gasteiger partial charge on any atom is -0.481 e. The minimum atomic E-state index is -1.70. The molecule has 0 heterocycles. The molecule has 5 atom stereocenters. The Morgan fingerprint density at radius 3 is 1.81 bits per heavy atom. The second-order valence-corrected chi connectivity index (χ2v) is 6.89. The number of amides is 4. The predicted molar refractivity (Wildman–Crippen MR) is 104 cm³/mol. The summed E-state index contributed by atoms with van der Waals surface area (Å²) in [7, 11) is 0. The van der Waals surface area contributed by atoms with Gasteiger partial charge in [-0.25, -0.2) is 4.79 Å². The van der Waals surface area contributed by atoms with Crippen LogP contribution in [0.2, 0.25) is 0 Å². The molecule has 0 bridgehead atoms. The molecule has 10 N–H and O–H groups in total. The Kier molecular flexibility index (Phi) is 11.7. The van der Waals surface area contributed by atoms with E-state index in [0.717, 1.165) is 0 Å². The lowest BCUT2D eigenvalue weighted by atomic mass is 9.99. The molecular weight excluding hydrogens is 418 g/mol. The zero-order chi connectivity index (χ0) is 24.3. The van der Waals surface area contributed by atoms with Crippen molar-refractivity contribution in [1.82, 2.24) is 16.0 Å². The molecule has 0 radical (unpaired) electrons. The van der Waals surface area contributed by atoms with Gasteiger partial charge in [0, 0.05) is 0 Å². The van der Waals surface area contributed by atoms with Gasteiger partial charge in [0.1, 0.15) is 18.1 Å². The van der Waals surface area contributed by atoms with Crippen LogP contribution in [0.15, 0.2) is 0 Å². The lowest BCUT2D eigenvalue weighted by Crippen LogP contribution is -2.59. The van der Waals surface area contributed by atoms with Gasteiger partial charge in [0.25, 0.3) is 0 Å². The molecule has 176 valence electrons. The Morgan fingerprint density at radius 2 is 1.39 bits per heavy atom. The van der Waals surface area contributed by atoms with Gasteiger partial charge in [0.2, 0.25) is 23.6 Å². The highest BCUT2D eigenvalue weighted by molar-refractivity contribution is 5.96. The van der Waals surface area contributed by atoms with Crippen LogP contribution < -0.4 is 27.4 Å². The number of primary amides is 1. The third-order valence-corrected chi connectivity index (χ3v) is 4.36. The van der Waals surface area contributed by atoms with Gasteiger partial charge in [-0.15, -0.1) is 0 Å². The fraction of sp³-hybridized carbons (Fsp3) is 0.647. The van der Waals surface area contributed by atoms with Crippen molar-refractivity contribution in [3.8, 4) is 0 Å². The molecule has 0 aliphatic heterocycles. The SMILES string of the molecule is CCC(C)C(NC(=O)C(CO)NC(=O)C(CC(=O)O)NC(=O)C(N)CC(N)=O)C(=O)O. The number of carbonyl (C=O) groups is 6. The lowest BCUT2D eigenvalue weighted by molar-refractivity contribution is -0.144. The number of carboxylic acid groups (broad SMARTS) is 2. The summed E-state index contributed by atoms with van der Waals surface area (Å²) in [6, 6.07) is -6.04. The zero-order valence-electron chi connectivity index (χ0n) is 17.2. The minimum absolute atomic E-state index is 0.422. The Balaban J connectivity index is 5.32. The molecule has 5 unspecified atom stereocenters. The maximum Gasteiger partial charge on any atom is 0.326 e. The first kappa shape index (κ1) is 27.7. The van der Waals surface area contributed by atoms with Crippen molar-refractivity contribution < 1.29 is 44.1 Å². The fourth-order valence-electron chi connectivity index (χ4n) is 2.38. The Labute approximate surface area is 177 Å². The first-order chi connectivity index (χ1) is 14.3. The topological polar surface area (TPSA) is 251 Å². The van der Waals surface area contributed by atoms with Crippen LogP contribution >= 0.6 is 0 Å². The van der Waals surface area contributed by atoms with Crippen LogP contribution in [0.1, 0.15) is 33.1 Å². The molecule has 0 spiro atoms. The van der Waals surface area contributed by atoms with E-state index < -0.39 is 85.1 Å². The van der Waals surface area contributed by atoms with Crippen LogP contribution in [0.4, 0.5) is 0 Å². The average Bonchev–Trinajstić information content (AvgIpc) is 2.67. The van der Waals surface area contributed by atoms with Crippen LogP contribution in [0.3, 0.4) is 0 Å². The average molecular weight is 447 g/mol. The summed E-state index contributed by atoms with van der Waals surface area (Å²) < 4.78 is 0. The van der Waals surface area contributed by atoms with Crippen molar-refractivity contribution in [2.24, 2.45) is 17.4 Å². The van der Waals surface area contributed by atoms with Crippen LogP contribution in [-0.4, -0.2) is 81.7 Å². The Morgan fingerprint density at radius 1 is 0.871 bits per heavy atom. The highest BCUT2D eigenvalue weighted by atomic mass is 16.4. The second kappa shape index (κ2) is 13.1.